The molecule has 21 heavy (non-hydrogen) atoms. The fraction of sp³-hybridized carbons (Fsp3) is 0.375. The van der Waals surface area contributed by atoms with Gasteiger partial charge in [0.05, 0.1) is 0 Å². The molecule has 2 N–H and O–H groups in total. The molecule has 1 aromatic carbocycles. The van der Waals surface area contributed by atoms with Crippen LogP contribution in [0.1, 0.15) is 32.8 Å². The zero-order valence-electron chi connectivity index (χ0n) is 12.6. The number of hydrogen-bond donors (Lipinski definition) is 2. The van der Waals surface area contributed by atoms with Crippen molar-refractivity contribution in [1.82, 2.24) is 10.6 Å². The molecule has 0 bridgehead atoms. The molecule has 0 radical (unpaired) electrons. The number of carbonyl (C=O) groups is 2. The van der Waals surface area contributed by atoms with E-state index < -0.39 is 6.04 Å². The first-order valence-electron chi connectivity index (χ1n) is 6.96. The molecule has 0 saturated carbocycles. The van der Waals surface area contributed by atoms with Crippen molar-refractivity contribution in [2.75, 3.05) is 6.54 Å². The van der Waals surface area contributed by atoms with Crippen molar-refractivity contribution in [2.24, 2.45) is 0 Å². The molecule has 2 amide bonds. The van der Waals surface area contributed by atoms with Gasteiger partial charge < -0.3 is 10.6 Å². The first-order valence-corrected chi connectivity index (χ1v) is 6.96. The van der Waals surface area contributed by atoms with E-state index in [2.05, 4.69) is 10.6 Å². The molecule has 0 heterocycles. The Bertz CT molecular complexity index is 524. The third-order valence-electron chi connectivity index (χ3n) is 2.95. The molecule has 0 aromatic heterocycles. The van der Waals surface area contributed by atoms with Crippen molar-refractivity contribution >= 4 is 17.4 Å². The Labute approximate surface area is 124 Å². The second kappa shape index (κ2) is 8.19. The Morgan fingerprint density at radius 2 is 1.90 bits per heavy atom. The topological polar surface area (TPSA) is 58.2 Å². The minimum absolute atomic E-state index is 0.210. The smallest absolute Gasteiger partial charge is 0.244 e. The highest BCUT2D eigenvalue weighted by molar-refractivity contribution is 5.97. The van der Waals surface area contributed by atoms with E-state index in [1.165, 1.54) is 18.2 Å². The van der Waals surface area contributed by atoms with Gasteiger partial charge >= 0.3 is 0 Å². The Balaban J connectivity index is 2.61. The maximum atomic E-state index is 12.8. The fourth-order valence-corrected chi connectivity index (χ4v) is 1.71. The van der Waals surface area contributed by atoms with Gasteiger partial charge in [0.2, 0.25) is 11.8 Å². The van der Waals surface area contributed by atoms with Crippen LogP contribution in [0.3, 0.4) is 0 Å². The summed E-state index contributed by atoms with van der Waals surface area (Å²) in [6, 6.07) is 5.29. The van der Waals surface area contributed by atoms with Crippen LogP contribution in [0.2, 0.25) is 0 Å². The van der Waals surface area contributed by atoms with E-state index in [1.807, 2.05) is 6.92 Å². The zero-order chi connectivity index (χ0) is 15.8. The van der Waals surface area contributed by atoms with Crippen LogP contribution in [0.15, 0.2) is 30.3 Å². The number of benzene rings is 1. The molecule has 5 heteroatoms. The summed E-state index contributed by atoms with van der Waals surface area (Å²) in [4.78, 5) is 23.5. The normalized spacial score (nSPS) is 12.7. The average Bonchev–Trinajstić information content (AvgIpc) is 2.45. The molecule has 0 unspecified atom stereocenters. The molecular formula is C16H21FN2O2. The van der Waals surface area contributed by atoms with Gasteiger partial charge in [-0.15, -0.1) is 0 Å². The number of hydrogen-bond acceptors (Lipinski definition) is 2. The monoisotopic (exact) mass is 292 g/mol. The van der Waals surface area contributed by atoms with Crippen LogP contribution >= 0.6 is 0 Å². The Kier molecular flexibility index (Phi) is 6.59. The predicted octanol–water partition coefficient (Wildman–Crippen LogP) is 2.26. The summed E-state index contributed by atoms with van der Waals surface area (Å²) in [5, 5.41) is 5.31. The second-order valence-electron chi connectivity index (χ2n) is 4.86. The highest BCUT2D eigenvalue weighted by atomic mass is 19.1. The number of amides is 2. The van der Waals surface area contributed by atoms with Crippen LogP contribution in [-0.2, 0) is 9.59 Å². The van der Waals surface area contributed by atoms with Crippen molar-refractivity contribution in [1.29, 1.82) is 0 Å². The minimum Gasteiger partial charge on any atom is -0.354 e. The summed E-state index contributed by atoms with van der Waals surface area (Å²) >= 11 is 0. The lowest BCUT2D eigenvalue weighted by Gasteiger charge is -2.12. The van der Waals surface area contributed by atoms with Crippen LogP contribution in [0.5, 0.6) is 0 Å². The Hall–Kier alpha value is -2.17. The van der Waals surface area contributed by atoms with Crippen molar-refractivity contribution < 1.29 is 14.0 Å². The highest BCUT2D eigenvalue weighted by Gasteiger charge is 2.13. The number of nitrogens with one attached hydrogen (secondary N) is 2. The number of rotatable bonds is 6. The lowest BCUT2D eigenvalue weighted by atomic mass is 10.1. The predicted molar refractivity (Wildman–Crippen MR) is 81.0 cm³/mol. The van der Waals surface area contributed by atoms with Crippen LogP contribution in [0, 0.1) is 5.82 Å². The van der Waals surface area contributed by atoms with Crippen molar-refractivity contribution in [3.8, 4) is 0 Å². The van der Waals surface area contributed by atoms with E-state index in [4.69, 9.17) is 0 Å². The van der Waals surface area contributed by atoms with Crippen LogP contribution < -0.4 is 10.6 Å². The number of allylic oxidation sites excluding steroid dienone is 1. The minimum atomic E-state index is -0.596. The molecule has 1 rings (SSSR count). The molecule has 1 atom stereocenters. The van der Waals surface area contributed by atoms with E-state index in [9.17, 15) is 14.0 Å². The van der Waals surface area contributed by atoms with Gasteiger partial charge in [-0.25, -0.2) is 4.39 Å². The number of halogens is 1. The highest BCUT2D eigenvalue weighted by Crippen LogP contribution is 2.13. The van der Waals surface area contributed by atoms with Crippen molar-refractivity contribution in [3.63, 3.8) is 0 Å². The van der Waals surface area contributed by atoms with Crippen LogP contribution in [-0.4, -0.2) is 24.4 Å². The van der Waals surface area contributed by atoms with Gasteiger partial charge in [0.1, 0.15) is 11.9 Å². The molecular weight excluding hydrogens is 271 g/mol. The van der Waals surface area contributed by atoms with E-state index in [1.54, 1.807) is 26.0 Å². The lowest BCUT2D eigenvalue weighted by molar-refractivity contribution is -0.126. The van der Waals surface area contributed by atoms with Crippen molar-refractivity contribution in [2.45, 2.75) is 33.2 Å². The van der Waals surface area contributed by atoms with Gasteiger partial charge in [-0.1, -0.05) is 19.1 Å². The molecule has 114 valence electrons. The molecule has 0 fully saturated rings. The zero-order valence-corrected chi connectivity index (χ0v) is 12.6. The maximum absolute atomic E-state index is 12.8. The van der Waals surface area contributed by atoms with Gasteiger partial charge in [-0.2, -0.15) is 0 Å². The molecule has 0 saturated heterocycles. The van der Waals surface area contributed by atoms with E-state index in [0.29, 0.717) is 12.1 Å². The molecule has 4 nitrogen and oxygen atoms in total. The molecule has 0 spiro atoms. The van der Waals surface area contributed by atoms with Crippen LogP contribution in [0.25, 0.3) is 5.57 Å². The summed E-state index contributed by atoms with van der Waals surface area (Å²) in [5.41, 5.74) is 1.46. The van der Waals surface area contributed by atoms with Crippen molar-refractivity contribution in [3.05, 3.63) is 41.7 Å². The van der Waals surface area contributed by atoms with Gasteiger partial charge in [-0.05, 0) is 43.5 Å². The molecule has 0 aliphatic carbocycles. The van der Waals surface area contributed by atoms with Gasteiger partial charge in [-0.3, -0.25) is 9.59 Å². The third kappa shape index (κ3) is 5.77. The van der Waals surface area contributed by atoms with Gasteiger partial charge in [0, 0.05) is 12.6 Å². The molecule has 0 aliphatic heterocycles. The SMILES string of the molecule is CCCNC(=O)[C@@H](C)NC(=O)/C=C(/C)c1ccc(F)cc1. The van der Waals surface area contributed by atoms with Crippen LogP contribution in [0.4, 0.5) is 4.39 Å². The fourth-order valence-electron chi connectivity index (χ4n) is 1.71. The van der Waals surface area contributed by atoms with Gasteiger partial charge in [0.15, 0.2) is 0 Å². The third-order valence-corrected chi connectivity index (χ3v) is 2.95. The standard InChI is InChI=1S/C16H21FN2O2/c1-4-9-18-16(21)12(3)19-15(20)10-11(2)13-5-7-14(17)8-6-13/h5-8,10,12H,4,9H2,1-3H3,(H,18,21)(H,19,20)/b11-10-/t12-/m1/s1. The summed E-state index contributed by atoms with van der Waals surface area (Å²) < 4.78 is 12.8. The Morgan fingerprint density at radius 1 is 1.29 bits per heavy atom. The van der Waals surface area contributed by atoms with E-state index >= 15 is 0 Å². The average molecular weight is 292 g/mol. The largest absolute Gasteiger partial charge is 0.354 e. The number of carbonyl (C=O) groups excluding carboxylic acids is 2. The van der Waals surface area contributed by atoms with E-state index in [0.717, 1.165) is 12.0 Å². The molecule has 1 aromatic rings. The van der Waals surface area contributed by atoms with E-state index in [-0.39, 0.29) is 17.6 Å². The Morgan fingerprint density at radius 3 is 2.48 bits per heavy atom. The first kappa shape index (κ1) is 16.9. The summed E-state index contributed by atoms with van der Waals surface area (Å²) in [5.74, 6) is -0.883. The summed E-state index contributed by atoms with van der Waals surface area (Å²) in [7, 11) is 0. The first-order chi connectivity index (χ1) is 9.93. The summed E-state index contributed by atoms with van der Waals surface area (Å²) in [6.45, 7) is 5.93. The lowest BCUT2D eigenvalue weighted by Crippen LogP contribution is -2.44. The summed E-state index contributed by atoms with van der Waals surface area (Å²) in [6.07, 6.45) is 2.24. The second-order valence-corrected chi connectivity index (χ2v) is 4.86. The van der Waals surface area contributed by atoms with Gasteiger partial charge in [0.25, 0.3) is 0 Å². The quantitative estimate of drug-likeness (QED) is 0.790. The molecule has 0 aliphatic rings. The maximum Gasteiger partial charge on any atom is 0.244 e.